The molecule has 0 spiro atoms. The number of aliphatic hydroxyl groups excluding tert-OH is 1. The molecule has 0 aliphatic carbocycles. The van der Waals surface area contributed by atoms with E-state index in [9.17, 15) is 19.8 Å². The number of rotatable bonds is 6. The van der Waals surface area contributed by atoms with Crippen LogP contribution in [0.25, 0.3) is 16.0 Å². The van der Waals surface area contributed by atoms with Gasteiger partial charge in [0.1, 0.15) is 24.7 Å². The Hall–Kier alpha value is -4.77. The highest BCUT2D eigenvalue weighted by molar-refractivity contribution is 7.22. The number of fused-ring (bicyclic) bond motifs is 2. The summed E-state index contributed by atoms with van der Waals surface area (Å²) in [4.78, 5) is 33.1. The first-order valence-corrected chi connectivity index (χ1v) is 13.3. The summed E-state index contributed by atoms with van der Waals surface area (Å²) in [5, 5.41) is 22.1. The maximum Gasteiger partial charge on any atom is 0.301 e. The lowest BCUT2D eigenvalue weighted by atomic mass is 9.95. The number of carbonyl (C=O) groups excluding carboxylic acids is 2. The Morgan fingerprint density at radius 1 is 1.07 bits per heavy atom. The van der Waals surface area contributed by atoms with Crippen LogP contribution in [-0.2, 0) is 9.59 Å². The van der Waals surface area contributed by atoms with Crippen LogP contribution < -0.4 is 23.8 Å². The lowest BCUT2D eigenvalue weighted by Crippen LogP contribution is -2.29. The smallest absolute Gasteiger partial charge is 0.301 e. The zero-order chi connectivity index (χ0) is 28.0. The Labute approximate surface area is 232 Å². The molecule has 0 radical (unpaired) electrons. The van der Waals surface area contributed by atoms with E-state index in [0.717, 1.165) is 4.70 Å². The quantitative estimate of drug-likeness (QED) is 0.194. The molecular formula is C29H24N2O8S. The molecule has 0 bridgehead atoms. The fourth-order valence-corrected chi connectivity index (χ4v) is 5.81. The second-order valence-corrected chi connectivity index (χ2v) is 10.0. The number of phenolic OH excluding ortho intramolecular Hbond substituents is 1. The van der Waals surface area contributed by atoms with Gasteiger partial charge in [0.05, 0.1) is 35.5 Å². The molecule has 0 saturated carbocycles. The van der Waals surface area contributed by atoms with Crippen LogP contribution in [0.2, 0.25) is 0 Å². The molecule has 2 aliphatic rings. The number of amides is 1. The molecule has 10 nitrogen and oxygen atoms in total. The molecule has 40 heavy (non-hydrogen) atoms. The Kier molecular flexibility index (Phi) is 6.43. The summed E-state index contributed by atoms with van der Waals surface area (Å²) in [6.07, 6.45) is 0. The van der Waals surface area contributed by atoms with Crippen molar-refractivity contribution in [3.05, 3.63) is 71.3 Å². The minimum absolute atomic E-state index is 0.0959. The molecule has 204 valence electrons. The van der Waals surface area contributed by atoms with Gasteiger partial charge in [-0.1, -0.05) is 17.4 Å². The predicted octanol–water partition coefficient (Wildman–Crippen LogP) is 4.81. The molecule has 1 saturated heterocycles. The molecule has 3 aromatic carbocycles. The maximum absolute atomic E-state index is 13.6. The Bertz CT molecular complexity index is 1690. The van der Waals surface area contributed by atoms with E-state index in [-0.39, 0.29) is 40.1 Å². The van der Waals surface area contributed by atoms with Crippen LogP contribution in [0.4, 0.5) is 5.13 Å². The fraction of sp³-hybridized carbons (Fsp3) is 0.207. The van der Waals surface area contributed by atoms with Crippen molar-refractivity contribution in [3.8, 4) is 28.7 Å². The van der Waals surface area contributed by atoms with Crippen molar-refractivity contribution >= 4 is 44.1 Å². The van der Waals surface area contributed by atoms with Crippen LogP contribution in [0, 0.1) is 0 Å². The Balaban J connectivity index is 1.54. The van der Waals surface area contributed by atoms with Gasteiger partial charge >= 0.3 is 5.91 Å². The number of carbonyl (C=O) groups is 2. The van der Waals surface area contributed by atoms with Crippen molar-refractivity contribution in [1.82, 2.24) is 4.98 Å². The molecule has 0 unspecified atom stereocenters. The molecule has 1 atom stereocenters. The van der Waals surface area contributed by atoms with Crippen molar-refractivity contribution in [3.63, 3.8) is 0 Å². The predicted molar refractivity (Wildman–Crippen MR) is 148 cm³/mol. The Morgan fingerprint density at radius 2 is 1.88 bits per heavy atom. The number of aromatic nitrogens is 1. The first-order chi connectivity index (χ1) is 19.4. The number of aliphatic hydroxyl groups is 1. The minimum Gasteiger partial charge on any atom is -0.507 e. The Morgan fingerprint density at radius 3 is 2.65 bits per heavy atom. The van der Waals surface area contributed by atoms with Gasteiger partial charge in [-0.3, -0.25) is 14.5 Å². The van der Waals surface area contributed by atoms with Crippen LogP contribution in [-0.4, -0.2) is 53.8 Å². The van der Waals surface area contributed by atoms with Gasteiger partial charge in [-0.15, -0.1) is 0 Å². The van der Waals surface area contributed by atoms with E-state index in [4.69, 9.17) is 18.9 Å². The van der Waals surface area contributed by atoms with Crippen LogP contribution in [0.1, 0.15) is 24.1 Å². The molecule has 11 heteroatoms. The zero-order valence-corrected chi connectivity index (χ0v) is 22.4. The van der Waals surface area contributed by atoms with Crippen molar-refractivity contribution in [2.75, 3.05) is 31.8 Å². The summed E-state index contributed by atoms with van der Waals surface area (Å²) in [7, 11) is 1.56. The van der Waals surface area contributed by atoms with Crippen molar-refractivity contribution in [2.24, 2.45) is 0 Å². The molecule has 1 amide bonds. The van der Waals surface area contributed by atoms with Crippen LogP contribution in [0.5, 0.6) is 28.7 Å². The average molecular weight is 561 g/mol. The highest BCUT2D eigenvalue weighted by Gasteiger charge is 2.48. The number of benzene rings is 3. The van der Waals surface area contributed by atoms with E-state index in [0.29, 0.717) is 41.5 Å². The van der Waals surface area contributed by atoms with Gasteiger partial charge in [0.2, 0.25) is 0 Å². The van der Waals surface area contributed by atoms with Crippen molar-refractivity contribution in [1.29, 1.82) is 0 Å². The third kappa shape index (κ3) is 4.24. The number of methoxy groups -OCH3 is 1. The summed E-state index contributed by atoms with van der Waals surface area (Å²) in [6, 6.07) is 13.6. The topological polar surface area (TPSA) is 128 Å². The summed E-state index contributed by atoms with van der Waals surface area (Å²) >= 11 is 1.21. The molecule has 1 fully saturated rings. The van der Waals surface area contributed by atoms with Crippen molar-refractivity contribution < 1.29 is 38.7 Å². The molecule has 4 aromatic rings. The van der Waals surface area contributed by atoms with Crippen molar-refractivity contribution in [2.45, 2.75) is 13.0 Å². The third-order valence-corrected chi connectivity index (χ3v) is 7.67. The third-order valence-electron chi connectivity index (χ3n) is 6.65. The first-order valence-electron chi connectivity index (χ1n) is 12.5. The number of Topliss-reactive ketones (excluding diaryl/α,β-unsaturated/α-hetero) is 1. The highest BCUT2D eigenvalue weighted by Crippen LogP contribution is 2.46. The number of ether oxygens (including phenoxy) is 4. The second kappa shape index (κ2) is 10.1. The molecular weight excluding hydrogens is 536 g/mol. The van der Waals surface area contributed by atoms with E-state index >= 15 is 0 Å². The number of hydrogen-bond donors (Lipinski definition) is 2. The van der Waals surface area contributed by atoms with Gasteiger partial charge in [-0.25, -0.2) is 4.98 Å². The first kappa shape index (κ1) is 25.5. The molecule has 3 heterocycles. The normalized spacial score (nSPS) is 17.9. The van der Waals surface area contributed by atoms with Gasteiger partial charge in [0, 0.05) is 5.56 Å². The number of hydrogen-bond acceptors (Lipinski definition) is 10. The molecule has 2 aliphatic heterocycles. The number of aromatic hydroxyl groups is 1. The minimum atomic E-state index is -1.06. The van der Waals surface area contributed by atoms with E-state index < -0.39 is 17.7 Å². The maximum atomic E-state index is 13.6. The number of ketones is 1. The SMILES string of the molecule is CCOc1cc([C@H]2/C(=C(\O)c3ccc4c(c3)OCCO4)C(=O)C(=O)N2c2nc3ccc(OC)cc3s2)ccc1O. The van der Waals surface area contributed by atoms with Gasteiger partial charge in [-0.05, 0) is 61.0 Å². The molecule has 1 aromatic heterocycles. The van der Waals surface area contributed by atoms with Gasteiger partial charge in [0.15, 0.2) is 28.1 Å². The monoisotopic (exact) mass is 560 g/mol. The standard InChI is InChI=1S/C29H24N2O8S/c1-3-37-21-12-15(4-8-19(21)32)25-24(26(33)16-5-9-20-22(13-16)39-11-10-38-20)27(34)28(35)31(25)29-30-18-7-6-17(36-2)14-23(18)40-29/h4-9,12-14,25,32-33H,3,10-11H2,1-2H3/b26-24+/t25-/m0/s1. The summed E-state index contributed by atoms with van der Waals surface area (Å²) in [5.41, 5.74) is 1.21. The largest absolute Gasteiger partial charge is 0.507 e. The number of nitrogens with zero attached hydrogens (tertiary/aromatic N) is 2. The van der Waals surface area contributed by atoms with Crippen LogP contribution in [0.3, 0.4) is 0 Å². The fourth-order valence-electron chi connectivity index (χ4n) is 4.79. The van der Waals surface area contributed by atoms with Gasteiger partial charge < -0.3 is 29.2 Å². The highest BCUT2D eigenvalue weighted by atomic mass is 32.1. The van der Waals surface area contributed by atoms with Crippen LogP contribution in [0.15, 0.2) is 60.2 Å². The lowest BCUT2D eigenvalue weighted by Gasteiger charge is -2.24. The summed E-state index contributed by atoms with van der Waals surface area (Å²) in [5.74, 6) is -0.452. The van der Waals surface area contributed by atoms with Gasteiger partial charge in [-0.2, -0.15) is 0 Å². The zero-order valence-electron chi connectivity index (χ0n) is 21.5. The van der Waals surface area contributed by atoms with E-state index in [1.807, 2.05) is 0 Å². The van der Waals surface area contributed by atoms with E-state index in [2.05, 4.69) is 4.98 Å². The molecule has 2 N–H and O–H groups in total. The van der Waals surface area contributed by atoms with E-state index in [1.54, 1.807) is 62.6 Å². The molecule has 6 rings (SSSR count). The average Bonchev–Trinajstić information content (AvgIpc) is 3.51. The second-order valence-electron chi connectivity index (χ2n) is 9.02. The summed E-state index contributed by atoms with van der Waals surface area (Å²) in [6.45, 7) is 2.81. The lowest BCUT2D eigenvalue weighted by molar-refractivity contribution is -0.132. The summed E-state index contributed by atoms with van der Waals surface area (Å²) < 4.78 is 22.9. The van der Waals surface area contributed by atoms with E-state index in [1.165, 1.54) is 22.3 Å². The number of phenols is 1. The number of anilines is 1. The number of thiazole rings is 1. The van der Waals surface area contributed by atoms with Gasteiger partial charge in [0.25, 0.3) is 5.78 Å². The van der Waals surface area contributed by atoms with Crippen LogP contribution >= 0.6 is 11.3 Å².